The molecule has 0 aliphatic carbocycles. The van der Waals surface area contributed by atoms with Crippen LogP contribution in [0.3, 0.4) is 0 Å². The highest BCUT2D eigenvalue weighted by Gasteiger charge is 2.36. The maximum absolute atomic E-state index is 11.9. The molecule has 5 heteroatoms. The number of rotatable bonds is 1. The van der Waals surface area contributed by atoms with E-state index in [4.69, 9.17) is 11.6 Å². The first kappa shape index (κ1) is 12.9. The molecule has 0 aromatic heterocycles. The standard InChI is InChI=1S/C12H16ClNO2S/c1-12(2)8-17(15,16)7-11(14-12)9-3-5-10(13)6-4-9/h3-6,11,14H,7-8H2,1-2H3. The molecule has 1 aliphatic heterocycles. The number of benzene rings is 1. The summed E-state index contributed by atoms with van der Waals surface area (Å²) in [4.78, 5) is 0. The number of nitrogens with one attached hydrogen (secondary N) is 1. The highest BCUT2D eigenvalue weighted by atomic mass is 35.5. The molecule has 1 N–H and O–H groups in total. The van der Waals surface area contributed by atoms with E-state index in [0.29, 0.717) is 5.02 Å². The van der Waals surface area contributed by atoms with E-state index in [1.807, 2.05) is 26.0 Å². The van der Waals surface area contributed by atoms with Gasteiger partial charge in [0, 0.05) is 16.6 Å². The van der Waals surface area contributed by atoms with Gasteiger partial charge in [0.05, 0.1) is 11.5 Å². The molecule has 1 unspecified atom stereocenters. The van der Waals surface area contributed by atoms with Crippen molar-refractivity contribution in [2.45, 2.75) is 25.4 Å². The van der Waals surface area contributed by atoms with Crippen LogP contribution in [0, 0.1) is 0 Å². The number of sulfone groups is 1. The molecule has 1 heterocycles. The Balaban J connectivity index is 2.30. The summed E-state index contributed by atoms with van der Waals surface area (Å²) < 4.78 is 23.7. The lowest BCUT2D eigenvalue weighted by molar-refractivity contribution is 0.360. The molecule has 1 aromatic carbocycles. The second-order valence-electron chi connectivity index (χ2n) is 5.19. The third-order valence-electron chi connectivity index (χ3n) is 2.84. The van der Waals surface area contributed by atoms with E-state index >= 15 is 0 Å². The van der Waals surface area contributed by atoms with Crippen LogP contribution in [-0.4, -0.2) is 25.5 Å². The Bertz CT molecular complexity index is 508. The number of halogens is 1. The minimum absolute atomic E-state index is 0.151. The molecular formula is C12H16ClNO2S. The third-order valence-corrected chi connectivity index (χ3v) is 5.09. The third kappa shape index (κ3) is 3.21. The molecule has 1 saturated heterocycles. The molecule has 1 aromatic rings. The molecule has 0 spiro atoms. The lowest BCUT2D eigenvalue weighted by Gasteiger charge is -2.37. The summed E-state index contributed by atoms with van der Waals surface area (Å²) >= 11 is 5.82. The van der Waals surface area contributed by atoms with Crippen LogP contribution in [-0.2, 0) is 9.84 Å². The van der Waals surface area contributed by atoms with E-state index in [-0.39, 0.29) is 23.1 Å². The van der Waals surface area contributed by atoms with E-state index in [2.05, 4.69) is 5.32 Å². The van der Waals surface area contributed by atoms with Crippen molar-refractivity contribution in [1.82, 2.24) is 5.32 Å². The average Bonchev–Trinajstić information content (AvgIpc) is 2.13. The van der Waals surface area contributed by atoms with E-state index in [0.717, 1.165) is 5.56 Å². The molecule has 1 atom stereocenters. The Hall–Kier alpha value is -0.580. The lowest BCUT2D eigenvalue weighted by atomic mass is 10.0. The highest BCUT2D eigenvalue weighted by Crippen LogP contribution is 2.26. The fraction of sp³-hybridized carbons (Fsp3) is 0.500. The van der Waals surface area contributed by atoms with Crippen LogP contribution < -0.4 is 5.32 Å². The molecule has 0 radical (unpaired) electrons. The predicted molar refractivity (Wildman–Crippen MR) is 70.1 cm³/mol. The zero-order chi connectivity index (χ0) is 12.7. The van der Waals surface area contributed by atoms with Crippen LogP contribution in [0.5, 0.6) is 0 Å². The smallest absolute Gasteiger partial charge is 0.153 e. The fourth-order valence-electron chi connectivity index (χ4n) is 2.29. The van der Waals surface area contributed by atoms with Crippen molar-refractivity contribution >= 4 is 21.4 Å². The van der Waals surface area contributed by atoms with E-state index in [1.54, 1.807) is 12.1 Å². The number of hydrogen-bond donors (Lipinski definition) is 1. The van der Waals surface area contributed by atoms with Crippen molar-refractivity contribution in [2.24, 2.45) is 0 Å². The Labute approximate surface area is 107 Å². The molecule has 94 valence electrons. The second-order valence-corrected chi connectivity index (χ2v) is 7.73. The second kappa shape index (κ2) is 4.26. The van der Waals surface area contributed by atoms with Gasteiger partial charge in [-0.3, -0.25) is 0 Å². The molecule has 0 saturated carbocycles. The van der Waals surface area contributed by atoms with Crippen LogP contribution >= 0.6 is 11.6 Å². The van der Waals surface area contributed by atoms with Gasteiger partial charge in [-0.25, -0.2) is 8.42 Å². The first-order valence-electron chi connectivity index (χ1n) is 5.51. The summed E-state index contributed by atoms with van der Waals surface area (Å²) in [6, 6.07) is 7.16. The maximum atomic E-state index is 11.9. The van der Waals surface area contributed by atoms with Crippen LogP contribution in [0.25, 0.3) is 0 Å². The van der Waals surface area contributed by atoms with Crippen molar-refractivity contribution in [3.63, 3.8) is 0 Å². The first-order chi connectivity index (χ1) is 7.77. The van der Waals surface area contributed by atoms with E-state index in [1.165, 1.54) is 0 Å². The molecule has 17 heavy (non-hydrogen) atoms. The van der Waals surface area contributed by atoms with Gasteiger partial charge in [0.25, 0.3) is 0 Å². The summed E-state index contributed by atoms with van der Waals surface area (Å²) in [6.07, 6.45) is 0. The van der Waals surface area contributed by atoms with Gasteiger partial charge in [0.1, 0.15) is 0 Å². The van der Waals surface area contributed by atoms with Gasteiger partial charge in [0.2, 0.25) is 0 Å². The Kier molecular flexibility index (Phi) is 3.23. The summed E-state index contributed by atoms with van der Waals surface area (Å²) in [5.74, 6) is 0.335. The monoisotopic (exact) mass is 273 g/mol. The van der Waals surface area contributed by atoms with Gasteiger partial charge in [-0.1, -0.05) is 23.7 Å². The Morgan fingerprint density at radius 1 is 1.29 bits per heavy atom. The van der Waals surface area contributed by atoms with Crippen LogP contribution in [0.1, 0.15) is 25.5 Å². The van der Waals surface area contributed by atoms with E-state index in [9.17, 15) is 8.42 Å². The molecule has 2 rings (SSSR count). The predicted octanol–water partition coefficient (Wildman–Crippen LogP) is 2.18. The minimum Gasteiger partial charge on any atom is -0.303 e. The molecule has 0 amide bonds. The van der Waals surface area contributed by atoms with Crippen LogP contribution in [0.15, 0.2) is 24.3 Å². The summed E-state index contributed by atoms with van der Waals surface area (Å²) in [6.45, 7) is 3.82. The Morgan fingerprint density at radius 3 is 2.41 bits per heavy atom. The van der Waals surface area contributed by atoms with Crippen molar-refractivity contribution in [2.75, 3.05) is 11.5 Å². The highest BCUT2D eigenvalue weighted by molar-refractivity contribution is 7.91. The van der Waals surface area contributed by atoms with Gasteiger partial charge in [-0.2, -0.15) is 0 Å². The summed E-state index contributed by atoms with van der Waals surface area (Å²) in [5.41, 5.74) is 0.576. The van der Waals surface area contributed by atoms with Crippen molar-refractivity contribution in [3.05, 3.63) is 34.9 Å². The topological polar surface area (TPSA) is 46.2 Å². The first-order valence-corrected chi connectivity index (χ1v) is 7.71. The molecule has 1 aliphatic rings. The zero-order valence-corrected chi connectivity index (χ0v) is 11.5. The van der Waals surface area contributed by atoms with Crippen molar-refractivity contribution < 1.29 is 8.42 Å². The molecule has 3 nitrogen and oxygen atoms in total. The SMILES string of the molecule is CC1(C)CS(=O)(=O)CC(c2ccc(Cl)cc2)N1. The Morgan fingerprint density at radius 2 is 1.88 bits per heavy atom. The zero-order valence-electron chi connectivity index (χ0n) is 9.90. The van der Waals surface area contributed by atoms with Gasteiger partial charge in [0.15, 0.2) is 9.84 Å². The van der Waals surface area contributed by atoms with Gasteiger partial charge >= 0.3 is 0 Å². The fourth-order valence-corrected chi connectivity index (χ4v) is 4.50. The van der Waals surface area contributed by atoms with Crippen LogP contribution in [0.2, 0.25) is 5.02 Å². The lowest BCUT2D eigenvalue weighted by Crippen LogP contribution is -2.54. The van der Waals surface area contributed by atoms with Crippen LogP contribution in [0.4, 0.5) is 0 Å². The number of hydrogen-bond acceptors (Lipinski definition) is 3. The van der Waals surface area contributed by atoms with Crippen molar-refractivity contribution in [3.8, 4) is 0 Å². The van der Waals surface area contributed by atoms with Gasteiger partial charge < -0.3 is 5.32 Å². The maximum Gasteiger partial charge on any atom is 0.153 e. The largest absolute Gasteiger partial charge is 0.303 e. The normalized spacial score (nSPS) is 26.6. The average molecular weight is 274 g/mol. The quantitative estimate of drug-likeness (QED) is 0.853. The molecule has 0 bridgehead atoms. The molecular weight excluding hydrogens is 258 g/mol. The minimum atomic E-state index is -2.99. The van der Waals surface area contributed by atoms with E-state index < -0.39 is 9.84 Å². The summed E-state index contributed by atoms with van der Waals surface area (Å²) in [7, 11) is -2.99. The van der Waals surface area contributed by atoms with Gasteiger partial charge in [-0.15, -0.1) is 0 Å². The molecule has 1 fully saturated rings. The van der Waals surface area contributed by atoms with Crippen molar-refractivity contribution in [1.29, 1.82) is 0 Å². The summed E-state index contributed by atoms with van der Waals surface area (Å²) in [5, 5.41) is 4.02. The van der Waals surface area contributed by atoms with Gasteiger partial charge in [-0.05, 0) is 31.5 Å².